The number of hydrogen-bond acceptors (Lipinski definition) is 1. The van der Waals surface area contributed by atoms with Crippen molar-refractivity contribution in [2.75, 3.05) is 4.90 Å². The van der Waals surface area contributed by atoms with Crippen LogP contribution in [0.5, 0.6) is 0 Å². The van der Waals surface area contributed by atoms with Gasteiger partial charge in [0.15, 0.2) is 0 Å². The third-order valence-electron chi connectivity index (χ3n) is 15.1. The third kappa shape index (κ3) is 4.43. The lowest BCUT2D eigenvalue weighted by Crippen LogP contribution is -2.55. The fourth-order valence-electron chi connectivity index (χ4n) is 13.0. The summed E-state index contributed by atoms with van der Waals surface area (Å²) in [6.07, 6.45) is 6.99. The molecule has 4 fully saturated rings. The van der Waals surface area contributed by atoms with Crippen LogP contribution in [-0.4, -0.2) is 0 Å². The summed E-state index contributed by atoms with van der Waals surface area (Å²) >= 11 is 0. The molecule has 7 aromatic carbocycles. The van der Waals surface area contributed by atoms with Gasteiger partial charge in [-0.05, 0) is 147 Å². The summed E-state index contributed by atoms with van der Waals surface area (Å²) in [6.45, 7) is 4.77. The second-order valence-corrected chi connectivity index (χ2v) is 18.1. The predicted molar refractivity (Wildman–Crippen MR) is 233 cm³/mol. The van der Waals surface area contributed by atoms with Crippen LogP contribution in [0.3, 0.4) is 0 Å². The van der Waals surface area contributed by atoms with Gasteiger partial charge in [0.05, 0.1) is 5.69 Å². The van der Waals surface area contributed by atoms with Gasteiger partial charge in [0.25, 0.3) is 0 Å². The first-order valence-corrected chi connectivity index (χ1v) is 21.0. The highest BCUT2D eigenvalue weighted by Crippen LogP contribution is 2.69. The predicted octanol–water partition coefficient (Wildman–Crippen LogP) is 14.5. The fraction of sp³-hybridized carbons (Fsp3) is 0.236. The largest absolute Gasteiger partial charge is 0.310 e. The molecule has 1 heteroatoms. The first kappa shape index (κ1) is 32.6. The van der Waals surface area contributed by atoms with Gasteiger partial charge in [-0.2, -0.15) is 0 Å². The maximum atomic E-state index is 2.66. The average Bonchev–Trinajstić information content (AvgIpc) is 3.65. The smallest absolute Gasteiger partial charge is 0.0546 e. The van der Waals surface area contributed by atoms with Crippen molar-refractivity contribution in [1.29, 1.82) is 0 Å². The Balaban J connectivity index is 1.13. The molecular formula is C55H47N. The Hall–Kier alpha value is -5.66. The highest BCUT2D eigenvalue weighted by atomic mass is 15.1. The van der Waals surface area contributed by atoms with Crippen molar-refractivity contribution in [3.63, 3.8) is 0 Å². The molecule has 0 unspecified atom stereocenters. The lowest BCUT2D eigenvalue weighted by molar-refractivity contribution is -0.0399. The molecule has 0 atom stereocenters. The van der Waals surface area contributed by atoms with Gasteiger partial charge >= 0.3 is 0 Å². The van der Waals surface area contributed by atoms with Crippen LogP contribution in [0.25, 0.3) is 44.5 Å². The number of fused-ring (bicyclic) bond motifs is 6. The molecule has 6 aliphatic carbocycles. The second-order valence-electron chi connectivity index (χ2n) is 18.1. The summed E-state index contributed by atoms with van der Waals surface area (Å²) in [5, 5.41) is 0. The molecule has 272 valence electrons. The fourth-order valence-corrected chi connectivity index (χ4v) is 13.0. The van der Waals surface area contributed by atoms with E-state index >= 15 is 0 Å². The lowest BCUT2D eigenvalue weighted by Gasteiger charge is -2.61. The van der Waals surface area contributed by atoms with E-state index in [0.717, 1.165) is 11.8 Å². The van der Waals surface area contributed by atoms with Crippen LogP contribution in [0.2, 0.25) is 0 Å². The van der Waals surface area contributed by atoms with Crippen LogP contribution in [0.4, 0.5) is 17.1 Å². The number of rotatable bonds is 5. The van der Waals surface area contributed by atoms with E-state index in [9.17, 15) is 0 Å². The first-order valence-electron chi connectivity index (χ1n) is 21.0. The molecule has 0 heterocycles. The molecule has 4 saturated carbocycles. The Kier molecular flexibility index (Phi) is 6.93. The van der Waals surface area contributed by atoms with Crippen LogP contribution in [0.1, 0.15) is 68.2 Å². The van der Waals surface area contributed by atoms with Gasteiger partial charge in [0.1, 0.15) is 0 Å². The molecular weight excluding hydrogens is 675 g/mol. The summed E-state index contributed by atoms with van der Waals surface area (Å²) < 4.78 is 0. The highest BCUT2D eigenvalue weighted by molar-refractivity contribution is 5.98. The Labute approximate surface area is 331 Å². The Bertz CT molecular complexity index is 2660. The molecule has 1 spiro atoms. The van der Waals surface area contributed by atoms with E-state index in [1.165, 1.54) is 105 Å². The second kappa shape index (κ2) is 11.9. The molecule has 1 nitrogen and oxygen atoms in total. The zero-order valence-electron chi connectivity index (χ0n) is 32.4. The summed E-state index contributed by atoms with van der Waals surface area (Å²) in [7, 11) is 0. The van der Waals surface area contributed by atoms with E-state index in [1.54, 1.807) is 11.1 Å². The zero-order chi connectivity index (χ0) is 37.2. The van der Waals surface area contributed by atoms with Gasteiger partial charge in [-0.15, -0.1) is 0 Å². The van der Waals surface area contributed by atoms with Crippen molar-refractivity contribution in [3.8, 4) is 44.5 Å². The summed E-state index contributed by atoms with van der Waals surface area (Å²) in [4.78, 5) is 2.61. The minimum Gasteiger partial charge on any atom is -0.310 e. The lowest BCUT2D eigenvalue weighted by atomic mass is 9.43. The van der Waals surface area contributed by atoms with Crippen LogP contribution >= 0.6 is 0 Å². The van der Waals surface area contributed by atoms with Gasteiger partial charge < -0.3 is 4.90 Å². The van der Waals surface area contributed by atoms with Gasteiger partial charge in [0, 0.05) is 27.8 Å². The molecule has 0 amide bonds. The molecule has 6 aliphatic rings. The van der Waals surface area contributed by atoms with Crippen LogP contribution in [0, 0.1) is 23.7 Å². The van der Waals surface area contributed by atoms with Crippen LogP contribution < -0.4 is 4.90 Å². The maximum Gasteiger partial charge on any atom is 0.0546 e. The Morgan fingerprint density at radius 2 is 0.946 bits per heavy atom. The van der Waals surface area contributed by atoms with E-state index in [1.807, 2.05) is 0 Å². The van der Waals surface area contributed by atoms with Gasteiger partial charge in [-0.25, -0.2) is 0 Å². The zero-order valence-corrected chi connectivity index (χ0v) is 32.4. The first-order chi connectivity index (χ1) is 27.5. The van der Waals surface area contributed by atoms with Crippen molar-refractivity contribution < 1.29 is 0 Å². The number of benzene rings is 7. The third-order valence-corrected chi connectivity index (χ3v) is 15.1. The topological polar surface area (TPSA) is 3.24 Å². The minimum absolute atomic E-state index is 0.0527. The maximum absolute atomic E-state index is 2.66. The molecule has 0 aromatic heterocycles. The van der Waals surface area contributed by atoms with Crippen molar-refractivity contribution in [3.05, 3.63) is 186 Å². The van der Waals surface area contributed by atoms with Crippen LogP contribution in [0.15, 0.2) is 164 Å². The number of hydrogen-bond donors (Lipinski definition) is 0. The monoisotopic (exact) mass is 721 g/mol. The van der Waals surface area contributed by atoms with E-state index in [2.05, 4.69) is 183 Å². The van der Waals surface area contributed by atoms with E-state index in [4.69, 9.17) is 0 Å². The molecule has 13 rings (SSSR count). The highest BCUT2D eigenvalue weighted by Gasteiger charge is 2.61. The average molecular weight is 722 g/mol. The molecule has 4 bridgehead atoms. The molecule has 56 heavy (non-hydrogen) atoms. The minimum atomic E-state index is -0.0527. The van der Waals surface area contributed by atoms with Crippen LogP contribution in [-0.2, 0) is 10.8 Å². The number of nitrogens with zero attached hydrogens (tertiary/aromatic N) is 1. The summed E-state index contributed by atoms with van der Waals surface area (Å²) in [5.74, 6) is 3.24. The van der Waals surface area contributed by atoms with Gasteiger partial charge in [-0.3, -0.25) is 0 Å². The Morgan fingerprint density at radius 1 is 0.411 bits per heavy atom. The normalized spacial score (nSPS) is 24.1. The van der Waals surface area contributed by atoms with Gasteiger partial charge in [0.2, 0.25) is 0 Å². The quantitative estimate of drug-likeness (QED) is 0.171. The SMILES string of the molecule is CC1(C)c2ccccc2-c2cc(N(c3ccc4c(c3)C3(c5ccccc5-4)C4CC5CC(C4)CC3C5)c3cccc(-c4ccccc4)c3-c3ccccc3)ccc21. The van der Waals surface area contributed by atoms with Crippen molar-refractivity contribution >= 4 is 17.1 Å². The van der Waals surface area contributed by atoms with Crippen molar-refractivity contribution in [1.82, 2.24) is 0 Å². The summed E-state index contributed by atoms with van der Waals surface area (Å²) in [5.41, 5.74) is 20.3. The van der Waals surface area contributed by atoms with E-state index in [-0.39, 0.29) is 10.8 Å². The van der Waals surface area contributed by atoms with Crippen molar-refractivity contribution in [2.24, 2.45) is 23.7 Å². The molecule has 0 N–H and O–H groups in total. The molecule has 0 saturated heterocycles. The molecule has 7 aromatic rings. The van der Waals surface area contributed by atoms with Crippen molar-refractivity contribution in [2.45, 2.75) is 56.8 Å². The standard InChI is InChI=1S/C55H47N/c1-54(2)48-21-11-9-19-45(48)47-33-41(25-27-49(47)54)56(52-23-13-20-43(37-14-5-3-6-15-37)53(52)38-16-7-4-8-17-38)42-24-26-46-44-18-10-12-22-50(44)55(51(46)34-42)39-29-35-28-36(31-39)32-40(55)30-35/h3-27,33-36,39-40H,28-32H2,1-2H3. The molecule has 0 radical (unpaired) electrons. The summed E-state index contributed by atoms with van der Waals surface area (Å²) in [6, 6.07) is 62.4. The number of anilines is 3. The Morgan fingerprint density at radius 3 is 1.66 bits per heavy atom. The van der Waals surface area contributed by atoms with E-state index < -0.39 is 0 Å². The van der Waals surface area contributed by atoms with E-state index in [0.29, 0.717) is 11.8 Å². The van der Waals surface area contributed by atoms with Gasteiger partial charge in [-0.1, -0.05) is 147 Å². The molecule has 0 aliphatic heterocycles.